The van der Waals surface area contributed by atoms with E-state index in [0.29, 0.717) is 18.6 Å². The molecule has 1 saturated heterocycles. The number of benzene rings is 2. The SMILES string of the molecule is C[C@H](OC(=O)c1n[nH]c(=O)c2ccccc12)C(=O)Nc1cccc(S(=O)(=O)N2CCOCC2)c1. The van der Waals surface area contributed by atoms with Crippen molar-refractivity contribution in [2.24, 2.45) is 0 Å². The molecule has 12 heteroatoms. The normalized spacial score (nSPS) is 15.6. The van der Waals surface area contributed by atoms with Gasteiger partial charge in [0.25, 0.3) is 11.5 Å². The Kier molecular flexibility index (Phi) is 6.72. The van der Waals surface area contributed by atoms with Crippen LogP contribution in [-0.4, -0.2) is 67.2 Å². The second-order valence-corrected chi connectivity index (χ2v) is 9.47. The second kappa shape index (κ2) is 9.71. The molecular formula is C22H22N4O7S. The molecule has 2 aromatic carbocycles. The van der Waals surface area contributed by atoms with Gasteiger partial charge in [-0.15, -0.1) is 0 Å². The molecule has 0 unspecified atom stereocenters. The van der Waals surface area contributed by atoms with Crippen LogP contribution in [0.1, 0.15) is 17.4 Å². The summed E-state index contributed by atoms with van der Waals surface area (Å²) in [6.07, 6.45) is -1.22. The minimum Gasteiger partial charge on any atom is -0.448 e. The zero-order valence-corrected chi connectivity index (χ0v) is 19.0. The van der Waals surface area contributed by atoms with E-state index in [2.05, 4.69) is 15.5 Å². The molecule has 2 N–H and O–H groups in total. The van der Waals surface area contributed by atoms with E-state index in [4.69, 9.17) is 9.47 Å². The first-order chi connectivity index (χ1) is 16.3. The van der Waals surface area contributed by atoms with Crippen molar-refractivity contribution in [1.29, 1.82) is 0 Å². The van der Waals surface area contributed by atoms with Crippen molar-refractivity contribution in [3.05, 3.63) is 64.6 Å². The number of amides is 1. The lowest BCUT2D eigenvalue weighted by Gasteiger charge is -2.26. The Morgan fingerprint density at radius 2 is 1.82 bits per heavy atom. The summed E-state index contributed by atoms with van der Waals surface area (Å²) >= 11 is 0. The monoisotopic (exact) mass is 486 g/mol. The first kappa shape index (κ1) is 23.5. The van der Waals surface area contributed by atoms with Gasteiger partial charge in [-0.05, 0) is 31.2 Å². The molecule has 0 aliphatic carbocycles. The summed E-state index contributed by atoms with van der Waals surface area (Å²) in [5, 5.41) is 9.12. The van der Waals surface area contributed by atoms with Gasteiger partial charge in [-0.25, -0.2) is 18.3 Å². The number of nitrogens with one attached hydrogen (secondary N) is 2. The fraction of sp³-hybridized carbons (Fsp3) is 0.273. The van der Waals surface area contributed by atoms with Crippen LogP contribution in [0.2, 0.25) is 0 Å². The van der Waals surface area contributed by atoms with Crippen LogP contribution in [0.25, 0.3) is 10.8 Å². The maximum atomic E-state index is 12.8. The maximum absolute atomic E-state index is 12.8. The smallest absolute Gasteiger partial charge is 0.360 e. The molecule has 0 saturated carbocycles. The Labute approximate surface area is 194 Å². The van der Waals surface area contributed by atoms with Crippen molar-refractivity contribution < 1.29 is 27.5 Å². The molecule has 3 aromatic rings. The number of fused-ring (bicyclic) bond motifs is 1. The van der Waals surface area contributed by atoms with Crippen LogP contribution >= 0.6 is 0 Å². The molecule has 1 fully saturated rings. The molecule has 178 valence electrons. The van der Waals surface area contributed by atoms with Crippen molar-refractivity contribution >= 4 is 38.4 Å². The molecule has 1 aromatic heterocycles. The van der Waals surface area contributed by atoms with Crippen molar-refractivity contribution in [2.75, 3.05) is 31.6 Å². The lowest BCUT2D eigenvalue weighted by molar-refractivity contribution is -0.123. The number of sulfonamides is 1. The number of esters is 1. The Morgan fingerprint density at radius 3 is 2.56 bits per heavy atom. The molecule has 4 rings (SSSR count). The number of anilines is 1. The number of carbonyl (C=O) groups excluding carboxylic acids is 2. The maximum Gasteiger partial charge on any atom is 0.360 e. The van der Waals surface area contributed by atoms with Gasteiger partial charge in [0.05, 0.1) is 23.5 Å². The van der Waals surface area contributed by atoms with E-state index in [9.17, 15) is 22.8 Å². The van der Waals surface area contributed by atoms with E-state index in [1.165, 1.54) is 35.5 Å². The van der Waals surface area contributed by atoms with Crippen LogP contribution in [0.3, 0.4) is 0 Å². The summed E-state index contributed by atoms with van der Waals surface area (Å²) in [4.78, 5) is 37.2. The standard InChI is InChI=1S/C22H22N4O7S/c1-14(33-22(29)19-17-7-2-3-8-18(17)21(28)25-24-19)20(27)23-15-5-4-6-16(13-15)34(30,31)26-9-11-32-12-10-26/h2-8,13-14H,9-12H2,1H3,(H,23,27)(H,25,28)/t14-/m0/s1. The third kappa shape index (κ3) is 4.83. The van der Waals surface area contributed by atoms with E-state index >= 15 is 0 Å². The second-order valence-electron chi connectivity index (χ2n) is 7.53. The van der Waals surface area contributed by atoms with E-state index in [0.717, 1.165) is 0 Å². The van der Waals surface area contributed by atoms with E-state index in [1.54, 1.807) is 24.3 Å². The molecule has 2 heterocycles. The molecule has 34 heavy (non-hydrogen) atoms. The summed E-state index contributed by atoms with van der Waals surface area (Å²) in [5.41, 5.74) is -0.354. The van der Waals surface area contributed by atoms with Gasteiger partial charge in [0.1, 0.15) is 0 Å². The van der Waals surface area contributed by atoms with Gasteiger partial charge in [0.2, 0.25) is 10.0 Å². The number of rotatable bonds is 6. The van der Waals surface area contributed by atoms with Crippen LogP contribution < -0.4 is 10.9 Å². The topological polar surface area (TPSA) is 148 Å². The number of aromatic amines is 1. The molecule has 1 atom stereocenters. The minimum absolute atomic E-state index is 0.0285. The summed E-state index contributed by atoms with van der Waals surface area (Å²) in [7, 11) is -3.74. The van der Waals surface area contributed by atoms with E-state index in [1.807, 2.05) is 0 Å². The number of hydrogen-bond acceptors (Lipinski definition) is 8. The molecule has 1 aliphatic rings. The number of carbonyl (C=O) groups is 2. The lowest BCUT2D eigenvalue weighted by Crippen LogP contribution is -2.40. The number of hydrogen-bond donors (Lipinski definition) is 2. The average molecular weight is 487 g/mol. The van der Waals surface area contributed by atoms with Crippen molar-refractivity contribution in [3.8, 4) is 0 Å². The fourth-order valence-corrected chi connectivity index (χ4v) is 4.91. The van der Waals surface area contributed by atoms with E-state index < -0.39 is 33.6 Å². The quantitative estimate of drug-likeness (QED) is 0.493. The highest BCUT2D eigenvalue weighted by atomic mass is 32.2. The lowest BCUT2D eigenvalue weighted by atomic mass is 10.1. The molecule has 1 amide bonds. The molecule has 0 spiro atoms. The predicted molar refractivity (Wildman–Crippen MR) is 122 cm³/mol. The number of ether oxygens (including phenoxy) is 2. The zero-order valence-electron chi connectivity index (χ0n) is 18.2. The molecule has 0 bridgehead atoms. The number of H-pyrrole nitrogens is 1. The Bertz CT molecular complexity index is 1400. The van der Waals surface area contributed by atoms with Crippen LogP contribution in [-0.2, 0) is 24.3 Å². The van der Waals surface area contributed by atoms with Gasteiger partial charge in [-0.3, -0.25) is 9.59 Å². The van der Waals surface area contributed by atoms with Crippen molar-refractivity contribution in [3.63, 3.8) is 0 Å². The number of morpholine rings is 1. The first-order valence-electron chi connectivity index (χ1n) is 10.4. The summed E-state index contributed by atoms with van der Waals surface area (Å²) < 4.78 is 37.5. The summed E-state index contributed by atoms with van der Waals surface area (Å²) in [5.74, 6) is -1.55. The van der Waals surface area contributed by atoms with Crippen LogP contribution in [0.15, 0.2) is 58.2 Å². The van der Waals surface area contributed by atoms with Crippen LogP contribution in [0.5, 0.6) is 0 Å². The van der Waals surface area contributed by atoms with Gasteiger partial charge in [0.15, 0.2) is 11.8 Å². The predicted octanol–water partition coefficient (Wildman–Crippen LogP) is 1.13. The van der Waals surface area contributed by atoms with Gasteiger partial charge >= 0.3 is 5.97 Å². The van der Waals surface area contributed by atoms with Crippen LogP contribution in [0, 0.1) is 0 Å². The third-order valence-electron chi connectivity index (χ3n) is 5.25. The van der Waals surface area contributed by atoms with Crippen molar-refractivity contribution in [2.45, 2.75) is 17.9 Å². The average Bonchev–Trinajstić information content (AvgIpc) is 2.85. The number of aromatic nitrogens is 2. The molecule has 1 aliphatic heterocycles. The first-order valence-corrected chi connectivity index (χ1v) is 11.9. The third-order valence-corrected chi connectivity index (χ3v) is 7.15. The van der Waals surface area contributed by atoms with Crippen LogP contribution in [0.4, 0.5) is 5.69 Å². The highest BCUT2D eigenvalue weighted by Gasteiger charge is 2.27. The van der Waals surface area contributed by atoms with Crippen molar-refractivity contribution in [1.82, 2.24) is 14.5 Å². The largest absolute Gasteiger partial charge is 0.448 e. The highest BCUT2D eigenvalue weighted by Crippen LogP contribution is 2.21. The zero-order chi connectivity index (χ0) is 24.3. The summed E-state index contributed by atoms with van der Waals surface area (Å²) in [6.45, 7) is 2.50. The molecule has 11 nitrogen and oxygen atoms in total. The Balaban J connectivity index is 1.46. The van der Waals surface area contributed by atoms with Gasteiger partial charge in [0, 0.05) is 24.2 Å². The van der Waals surface area contributed by atoms with Gasteiger partial charge < -0.3 is 14.8 Å². The molecule has 0 radical (unpaired) electrons. The highest BCUT2D eigenvalue weighted by molar-refractivity contribution is 7.89. The van der Waals surface area contributed by atoms with Gasteiger partial charge in [-0.2, -0.15) is 9.40 Å². The Morgan fingerprint density at radius 1 is 1.12 bits per heavy atom. The number of nitrogens with zero attached hydrogens (tertiary/aromatic N) is 2. The molecular weight excluding hydrogens is 464 g/mol. The fourth-order valence-electron chi connectivity index (χ4n) is 3.45. The Hall–Kier alpha value is -3.61. The van der Waals surface area contributed by atoms with Gasteiger partial charge in [-0.1, -0.05) is 24.3 Å². The summed E-state index contributed by atoms with van der Waals surface area (Å²) in [6, 6.07) is 12.2. The minimum atomic E-state index is -3.74. The van der Waals surface area contributed by atoms with E-state index in [-0.39, 0.29) is 34.8 Å².